The van der Waals surface area contributed by atoms with Gasteiger partial charge in [-0.1, -0.05) is 45.4 Å². The Labute approximate surface area is 164 Å². The number of fused-ring (bicyclic) bond motifs is 1. The highest BCUT2D eigenvalue weighted by Crippen LogP contribution is 2.24. The Balaban J connectivity index is 2.04. The van der Waals surface area contributed by atoms with E-state index in [2.05, 4.69) is 43.2 Å². The van der Waals surface area contributed by atoms with Crippen molar-refractivity contribution < 1.29 is 0 Å². The smallest absolute Gasteiger partial charge is 0.330 e. The summed E-state index contributed by atoms with van der Waals surface area (Å²) < 4.78 is 3.47. The predicted molar refractivity (Wildman–Crippen MR) is 113 cm³/mol. The van der Waals surface area contributed by atoms with Crippen molar-refractivity contribution >= 4 is 16.9 Å². The molecule has 0 spiro atoms. The Morgan fingerprint density at radius 3 is 2.57 bits per heavy atom. The minimum atomic E-state index is -0.392. The second kappa shape index (κ2) is 8.46. The number of benzene rings is 1. The first-order valence-electron chi connectivity index (χ1n) is 10.0. The molecule has 0 saturated heterocycles. The molecule has 3 aromatic rings. The second-order valence-electron chi connectivity index (χ2n) is 7.30. The first kappa shape index (κ1) is 19.9. The molecule has 0 aliphatic carbocycles. The Morgan fingerprint density at radius 2 is 1.89 bits per heavy atom. The minimum Gasteiger partial charge on any atom is -0.378 e. The number of hydrogen-bond acceptors (Lipinski definition) is 4. The zero-order chi connectivity index (χ0) is 20.3. The molecule has 0 radical (unpaired) electrons. The van der Waals surface area contributed by atoms with Gasteiger partial charge in [0.1, 0.15) is 5.82 Å². The zero-order valence-corrected chi connectivity index (χ0v) is 17.1. The zero-order valence-electron chi connectivity index (χ0n) is 17.1. The molecule has 0 bridgehead atoms. The average molecular weight is 383 g/mol. The van der Waals surface area contributed by atoms with E-state index in [1.54, 1.807) is 4.57 Å². The molecule has 0 atom stereocenters. The first-order chi connectivity index (χ1) is 13.5. The van der Waals surface area contributed by atoms with Crippen LogP contribution in [-0.4, -0.2) is 19.1 Å². The third-order valence-corrected chi connectivity index (χ3v) is 5.04. The van der Waals surface area contributed by atoms with Crippen molar-refractivity contribution in [3.63, 3.8) is 0 Å². The maximum atomic E-state index is 12.5. The second-order valence-corrected chi connectivity index (χ2v) is 7.30. The first-order valence-corrected chi connectivity index (χ1v) is 10.0. The fourth-order valence-electron chi connectivity index (χ4n) is 3.55. The van der Waals surface area contributed by atoms with Crippen molar-refractivity contribution in [2.24, 2.45) is 0 Å². The van der Waals surface area contributed by atoms with E-state index in [9.17, 15) is 9.59 Å². The minimum absolute atomic E-state index is 0.379. The lowest BCUT2D eigenvalue weighted by molar-refractivity contribution is 0.613. The normalized spacial score (nSPS) is 11.5. The van der Waals surface area contributed by atoms with Crippen LogP contribution < -0.4 is 16.6 Å². The van der Waals surface area contributed by atoms with Crippen LogP contribution in [0.4, 0.5) is 5.69 Å². The van der Waals surface area contributed by atoms with Crippen LogP contribution in [0.5, 0.6) is 0 Å². The molecular weight excluding hydrogens is 354 g/mol. The van der Waals surface area contributed by atoms with Crippen LogP contribution in [-0.2, 0) is 19.6 Å². The van der Waals surface area contributed by atoms with Gasteiger partial charge in [-0.25, -0.2) is 9.78 Å². The van der Waals surface area contributed by atoms with E-state index >= 15 is 0 Å². The largest absolute Gasteiger partial charge is 0.378 e. The molecule has 1 aromatic carbocycles. The summed E-state index contributed by atoms with van der Waals surface area (Å²) in [5, 5.41) is 3.46. The van der Waals surface area contributed by atoms with Crippen LogP contribution in [0.15, 0.2) is 33.9 Å². The lowest BCUT2D eigenvalue weighted by Crippen LogP contribution is -2.31. The van der Waals surface area contributed by atoms with Crippen LogP contribution in [0, 0.1) is 0 Å². The molecule has 2 aromatic heterocycles. The molecular formula is C21H29N5O2. The predicted octanol–water partition coefficient (Wildman–Crippen LogP) is 3.44. The monoisotopic (exact) mass is 383 g/mol. The Hall–Kier alpha value is -2.83. The molecule has 3 rings (SSSR count). The quantitative estimate of drug-likeness (QED) is 0.624. The van der Waals surface area contributed by atoms with Crippen molar-refractivity contribution in [2.75, 3.05) is 5.32 Å². The van der Waals surface area contributed by atoms with Crippen molar-refractivity contribution in [3.8, 4) is 0 Å². The summed E-state index contributed by atoms with van der Waals surface area (Å²) in [5.74, 6) is 1.15. The lowest BCUT2D eigenvalue weighted by Gasteiger charge is -2.14. The molecule has 0 aliphatic heterocycles. The van der Waals surface area contributed by atoms with E-state index < -0.39 is 5.69 Å². The summed E-state index contributed by atoms with van der Waals surface area (Å²) >= 11 is 0. The number of rotatable bonds is 8. The SMILES string of the molecule is CCCCn1c(=O)[nH]c(=O)c2c1nc(CNc1ccccc1C(C)C)n2CC. The van der Waals surface area contributed by atoms with Crippen molar-refractivity contribution in [1.82, 2.24) is 19.1 Å². The van der Waals surface area contributed by atoms with Gasteiger partial charge in [-0.05, 0) is 30.9 Å². The van der Waals surface area contributed by atoms with Crippen molar-refractivity contribution in [2.45, 2.75) is 66.1 Å². The van der Waals surface area contributed by atoms with E-state index in [0.717, 1.165) is 24.4 Å². The summed E-state index contributed by atoms with van der Waals surface area (Å²) in [4.78, 5) is 31.9. The molecule has 0 unspecified atom stereocenters. The van der Waals surface area contributed by atoms with Gasteiger partial charge >= 0.3 is 5.69 Å². The summed E-state index contributed by atoms with van der Waals surface area (Å²) in [7, 11) is 0. The average Bonchev–Trinajstić information content (AvgIpc) is 3.05. The Kier molecular flexibility index (Phi) is 6.02. The summed E-state index contributed by atoms with van der Waals surface area (Å²) in [6.45, 7) is 10.0. The van der Waals surface area contributed by atoms with E-state index in [-0.39, 0.29) is 5.56 Å². The highest BCUT2D eigenvalue weighted by Gasteiger charge is 2.18. The summed E-state index contributed by atoms with van der Waals surface area (Å²) in [5.41, 5.74) is 2.46. The van der Waals surface area contributed by atoms with Gasteiger partial charge in [-0.15, -0.1) is 0 Å². The van der Waals surface area contributed by atoms with Crippen molar-refractivity contribution in [3.05, 3.63) is 56.5 Å². The van der Waals surface area contributed by atoms with Gasteiger partial charge in [0.2, 0.25) is 0 Å². The maximum Gasteiger partial charge on any atom is 0.330 e. The van der Waals surface area contributed by atoms with Gasteiger partial charge in [-0.2, -0.15) is 0 Å². The maximum absolute atomic E-state index is 12.5. The number of para-hydroxylation sites is 1. The fraction of sp³-hybridized carbons (Fsp3) is 0.476. The number of unbranched alkanes of at least 4 members (excludes halogenated alkanes) is 1. The number of aromatic amines is 1. The third kappa shape index (κ3) is 3.74. The number of nitrogens with one attached hydrogen (secondary N) is 2. The number of hydrogen-bond donors (Lipinski definition) is 2. The molecule has 0 saturated carbocycles. The van der Waals surface area contributed by atoms with E-state index in [0.29, 0.717) is 36.7 Å². The summed E-state index contributed by atoms with van der Waals surface area (Å²) in [6.07, 6.45) is 1.82. The third-order valence-electron chi connectivity index (χ3n) is 5.04. The Bertz CT molecular complexity index is 1070. The van der Waals surface area contributed by atoms with E-state index in [1.807, 2.05) is 23.6 Å². The molecule has 28 heavy (non-hydrogen) atoms. The lowest BCUT2D eigenvalue weighted by atomic mass is 10.0. The molecule has 7 nitrogen and oxygen atoms in total. The number of nitrogens with zero attached hydrogens (tertiary/aromatic N) is 3. The van der Waals surface area contributed by atoms with Gasteiger partial charge < -0.3 is 9.88 Å². The van der Waals surface area contributed by atoms with Gasteiger partial charge in [-0.3, -0.25) is 14.3 Å². The topological polar surface area (TPSA) is 84.7 Å². The van der Waals surface area contributed by atoms with Gasteiger partial charge in [0.15, 0.2) is 11.2 Å². The van der Waals surface area contributed by atoms with Gasteiger partial charge in [0.25, 0.3) is 5.56 Å². The number of aromatic nitrogens is 4. The number of H-pyrrole nitrogens is 1. The molecule has 0 fully saturated rings. The van der Waals surface area contributed by atoms with Crippen LogP contribution in [0.1, 0.15) is 57.8 Å². The van der Waals surface area contributed by atoms with Gasteiger partial charge in [0.05, 0.1) is 6.54 Å². The van der Waals surface area contributed by atoms with Crippen molar-refractivity contribution in [1.29, 1.82) is 0 Å². The van der Waals surface area contributed by atoms with Crippen LogP contribution >= 0.6 is 0 Å². The number of anilines is 1. The van der Waals surface area contributed by atoms with Crippen LogP contribution in [0.3, 0.4) is 0 Å². The van der Waals surface area contributed by atoms with Crippen LogP contribution in [0.25, 0.3) is 11.2 Å². The molecule has 0 amide bonds. The highest BCUT2D eigenvalue weighted by atomic mass is 16.2. The van der Waals surface area contributed by atoms with Gasteiger partial charge in [0, 0.05) is 18.8 Å². The number of aryl methyl sites for hydroxylation is 2. The molecule has 2 heterocycles. The molecule has 0 aliphatic rings. The number of imidazole rings is 1. The molecule has 2 N–H and O–H groups in total. The standard InChI is InChI=1S/C21H29N5O2/c1-5-7-12-26-19-18(20(27)24-21(26)28)25(6-2)17(23-19)13-22-16-11-9-8-10-15(16)14(3)4/h8-11,14,22H,5-7,12-13H2,1-4H3,(H,24,27,28). The molecule has 150 valence electrons. The summed E-state index contributed by atoms with van der Waals surface area (Å²) in [6, 6.07) is 8.21. The highest BCUT2D eigenvalue weighted by molar-refractivity contribution is 5.71. The Morgan fingerprint density at radius 1 is 1.14 bits per heavy atom. The van der Waals surface area contributed by atoms with Crippen LogP contribution in [0.2, 0.25) is 0 Å². The fourth-order valence-corrected chi connectivity index (χ4v) is 3.55. The van der Waals surface area contributed by atoms with E-state index in [1.165, 1.54) is 5.56 Å². The molecule has 7 heteroatoms. The van der Waals surface area contributed by atoms with E-state index in [4.69, 9.17) is 4.98 Å².